The van der Waals surface area contributed by atoms with E-state index in [9.17, 15) is 4.79 Å². The number of fused-ring (bicyclic) bond motifs is 1. The van der Waals surface area contributed by atoms with Gasteiger partial charge in [0.25, 0.3) is 0 Å². The Balaban J connectivity index is 2.20. The molecule has 102 valence electrons. The molecule has 0 saturated heterocycles. The van der Waals surface area contributed by atoms with Crippen molar-refractivity contribution in [1.82, 2.24) is 4.90 Å². The van der Waals surface area contributed by atoms with Crippen molar-refractivity contribution in [2.75, 3.05) is 30.6 Å². The van der Waals surface area contributed by atoms with Crippen LogP contribution in [0.25, 0.3) is 0 Å². The highest BCUT2D eigenvalue weighted by molar-refractivity contribution is 7.99. The van der Waals surface area contributed by atoms with Crippen LogP contribution in [-0.4, -0.2) is 41.3 Å². The summed E-state index contributed by atoms with van der Waals surface area (Å²) in [6, 6.07) is 7.73. The lowest BCUT2D eigenvalue weighted by Crippen LogP contribution is -2.25. The normalized spacial score (nSPS) is 16.5. The molecule has 1 aliphatic rings. The fourth-order valence-corrected chi connectivity index (χ4v) is 3.39. The van der Waals surface area contributed by atoms with Crippen molar-refractivity contribution >= 4 is 40.7 Å². The number of benzene rings is 1. The molecule has 1 aromatic carbocycles. The number of ketones is 1. The molecule has 0 aromatic heterocycles. The second-order valence-corrected chi connectivity index (χ2v) is 5.96. The first kappa shape index (κ1) is 14.8. The van der Waals surface area contributed by atoms with Crippen LogP contribution in [0, 0.1) is 0 Å². The first-order valence-corrected chi connectivity index (χ1v) is 8.15. The monoisotopic (exact) mass is 315 g/mol. The second kappa shape index (κ2) is 7.22. The van der Waals surface area contributed by atoms with Gasteiger partial charge in [-0.15, -0.1) is 35.0 Å². The third kappa shape index (κ3) is 3.68. The third-order valence-electron chi connectivity index (χ3n) is 2.89. The van der Waals surface area contributed by atoms with Gasteiger partial charge in [-0.25, -0.2) is 0 Å². The van der Waals surface area contributed by atoms with Gasteiger partial charge in [-0.05, 0) is 12.1 Å². The van der Waals surface area contributed by atoms with E-state index in [0.717, 1.165) is 16.0 Å². The maximum atomic E-state index is 12.4. The van der Waals surface area contributed by atoms with Crippen LogP contribution in [0.4, 0.5) is 0 Å². The quantitative estimate of drug-likeness (QED) is 0.611. The van der Waals surface area contributed by atoms with Crippen LogP contribution in [0.3, 0.4) is 0 Å². The van der Waals surface area contributed by atoms with Gasteiger partial charge in [0.05, 0.1) is 0 Å². The van der Waals surface area contributed by atoms with Gasteiger partial charge < -0.3 is 4.90 Å². The standard InChI is InChI=1S/C14H15Cl2NOS/c15-5-7-17(8-6-16)9-11-10-19-13-4-2-1-3-12(13)14(11)18/h1-4,9H,5-8,10H2/b11-9+. The number of halogens is 2. The Morgan fingerprint density at radius 3 is 2.58 bits per heavy atom. The highest BCUT2D eigenvalue weighted by Gasteiger charge is 2.22. The predicted molar refractivity (Wildman–Crippen MR) is 82.6 cm³/mol. The van der Waals surface area contributed by atoms with E-state index < -0.39 is 0 Å². The molecule has 0 radical (unpaired) electrons. The smallest absolute Gasteiger partial charge is 0.192 e. The van der Waals surface area contributed by atoms with Crippen molar-refractivity contribution in [2.45, 2.75) is 4.90 Å². The summed E-state index contributed by atoms with van der Waals surface area (Å²) in [6.07, 6.45) is 1.91. The molecule has 0 saturated carbocycles. The fraction of sp³-hybridized carbons (Fsp3) is 0.357. The topological polar surface area (TPSA) is 20.3 Å². The maximum Gasteiger partial charge on any atom is 0.192 e. The molecule has 2 nitrogen and oxygen atoms in total. The zero-order chi connectivity index (χ0) is 13.7. The molecule has 5 heteroatoms. The number of hydrogen-bond donors (Lipinski definition) is 0. The molecule has 1 aliphatic heterocycles. The number of alkyl halides is 2. The summed E-state index contributed by atoms with van der Waals surface area (Å²) >= 11 is 13.2. The Hall–Kier alpha value is -0.640. The number of hydrogen-bond acceptors (Lipinski definition) is 3. The molecule has 0 N–H and O–H groups in total. The van der Waals surface area contributed by atoms with E-state index in [0.29, 0.717) is 30.6 Å². The molecule has 0 unspecified atom stereocenters. The lowest BCUT2D eigenvalue weighted by Gasteiger charge is -2.22. The van der Waals surface area contributed by atoms with Crippen molar-refractivity contribution in [3.05, 3.63) is 41.6 Å². The van der Waals surface area contributed by atoms with Crippen LogP contribution in [0.2, 0.25) is 0 Å². The van der Waals surface area contributed by atoms with Crippen molar-refractivity contribution in [3.8, 4) is 0 Å². The van der Waals surface area contributed by atoms with Crippen LogP contribution >= 0.6 is 35.0 Å². The van der Waals surface area contributed by atoms with Crippen molar-refractivity contribution in [1.29, 1.82) is 0 Å². The van der Waals surface area contributed by atoms with E-state index >= 15 is 0 Å². The van der Waals surface area contributed by atoms with Gasteiger partial charge in [0.1, 0.15) is 0 Å². The van der Waals surface area contributed by atoms with Crippen LogP contribution < -0.4 is 0 Å². The summed E-state index contributed by atoms with van der Waals surface area (Å²) in [5, 5.41) is 0. The molecule has 0 bridgehead atoms. The minimum absolute atomic E-state index is 0.114. The molecular weight excluding hydrogens is 301 g/mol. The number of nitrogens with zero attached hydrogens (tertiary/aromatic N) is 1. The number of carbonyl (C=O) groups excluding carboxylic acids is 1. The van der Waals surface area contributed by atoms with Gasteiger partial charge in [0, 0.05) is 52.8 Å². The summed E-state index contributed by atoms with van der Waals surface area (Å²) in [7, 11) is 0. The molecule has 19 heavy (non-hydrogen) atoms. The van der Waals surface area contributed by atoms with E-state index in [2.05, 4.69) is 0 Å². The molecular formula is C14H15Cl2NOS. The van der Waals surface area contributed by atoms with Gasteiger partial charge >= 0.3 is 0 Å². The largest absolute Gasteiger partial charge is 0.375 e. The van der Waals surface area contributed by atoms with Crippen molar-refractivity contribution < 1.29 is 4.79 Å². The van der Waals surface area contributed by atoms with Gasteiger partial charge in [0.15, 0.2) is 5.78 Å². The van der Waals surface area contributed by atoms with Gasteiger partial charge in [-0.1, -0.05) is 12.1 Å². The Morgan fingerprint density at radius 2 is 1.89 bits per heavy atom. The van der Waals surface area contributed by atoms with E-state index in [1.807, 2.05) is 35.4 Å². The minimum atomic E-state index is 0.114. The van der Waals surface area contributed by atoms with Crippen molar-refractivity contribution in [2.24, 2.45) is 0 Å². The summed E-state index contributed by atoms with van der Waals surface area (Å²) < 4.78 is 0. The van der Waals surface area contributed by atoms with E-state index in [4.69, 9.17) is 23.2 Å². The molecule has 1 aromatic rings. The lowest BCUT2D eigenvalue weighted by molar-refractivity contribution is 0.102. The van der Waals surface area contributed by atoms with Gasteiger partial charge in [-0.2, -0.15) is 0 Å². The van der Waals surface area contributed by atoms with Crippen molar-refractivity contribution in [3.63, 3.8) is 0 Å². The first-order chi connectivity index (χ1) is 9.26. The molecule has 1 heterocycles. The summed E-state index contributed by atoms with van der Waals surface area (Å²) in [5.41, 5.74) is 1.61. The summed E-state index contributed by atoms with van der Waals surface area (Å²) in [5.74, 6) is 1.87. The van der Waals surface area contributed by atoms with E-state index in [1.165, 1.54) is 0 Å². The number of carbonyl (C=O) groups is 1. The Kier molecular flexibility index (Phi) is 5.61. The lowest BCUT2D eigenvalue weighted by atomic mass is 10.0. The predicted octanol–water partition coefficient (Wildman–Crippen LogP) is 3.64. The van der Waals surface area contributed by atoms with Crippen LogP contribution in [0.5, 0.6) is 0 Å². The maximum absolute atomic E-state index is 12.4. The summed E-state index contributed by atoms with van der Waals surface area (Å²) in [4.78, 5) is 15.5. The highest BCUT2D eigenvalue weighted by Crippen LogP contribution is 2.32. The van der Waals surface area contributed by atoms with Gasteiger partial charge in [0.2, 0.25) is 0 Å². The molecule has 0 spiro atoms. The van der Waals surface area contributed by atoms with Gasteiger partial charge in [-0.3, -0.25) is 4.79 Å². The number of thioether (sulfide) groups is 1. The van der Waals surface area contributed by atoms with Crippen LogP contribution in [0.15, 0.2) is 40.9 Å². The summed E-state index contributed by atoms with van der Waals surface area (Å²) in [6.45, 7) is 1.41. The number of rotatable bonds is 5. The molecule has 0 fully saturated rings. The third-order valence-corrected chi connectivity index (χ3v) is 4.35. The SMILES string of the molecule is O=C1/C(=C/N(CCCl)CCCl)CSc2ccccc21. The zero-order valence-corrected chi connectivity index (χ0v) is 12.8. The Morgan fingerprint density at radius 1 is 1.21 bits per heavy atom. The molecule has 0 atom stereocenters. The Bertz CT molecular complexity index is 484. The molecule has 0 amide bonds. The first-order valence-electron chi connectivity index (χ1n) is 6.09. The second-order valence-electron chi connectivity index (χ2n) is 4.18. The average molecular weight is 316 g/mol. The van der Waals surface area contributed by atoms with Crippen LogP contribution in [0.1, 0.15) is 10.4 Å². The minimum Gasteiger partial charge on any atom is -0.375 e. The molecule has 2 rings (SSSR count). The Labute approximate surface area is 127 Å². The highest BCUT2D eigenvalue weighted by atomic mass is 35.5. The fourth-order valence-electron chi connectivity index (χ4n) is 1.95. The van der Waals surface area contributed by atoms with E-state index in [-0.39, 0.29) is 5.78 Å². The number of Topliss-reactive ketones (excluding diaryl/α,β-unsaturated/α-hetero) is 1. The van der Waals surface area contributed by atoms with E-state index in [1.54, 1.807) is 11.8 Å². The molecule has 0 aliphatic carbocycles. The average Bonchev–Trinajstić information content (AvgIpc) is 2.43. The van der Waals surface area contributed by atoms with Crippen LogP contribution in [-0.2, 0) is 0 Å². The zero-order valence-electron chi connectivity index (χ0n) is 10.4.